The van der Waals surface area contributed by atoms with Gasteiger partial charge < -0.3 is 24.8 Å². The number of carbonyl (C=O) groups excluding carboxylic acids is 2. The fraction of sp³-hybridized carbons (Fsp3) is 0.364. The Morgan fingerprint density at radius 1 is 1.13 bits per heavy atom. The Hall–Kier alpha value is -2.84. The molecule has 1 aromatic heterocycles. The normalized spacial score (nSPS) is 11.3. The van der Waals surface area contributed by atoms with Gasteiger partial charge in [0.1, 0.15) is 5.70 Å². The number of hydrogen-bond acceptors (Lipinski definition) is 6. The van der Waals surface area contributed by atoms with E-state index in [1.54, 1.807) is 24.3 Å². The summed E-state index contributed by atoms with van der Waals surface area (Å²) in [5, 5.41) is 7.44. The molecule has 2 aromatic rings. The molecule has 0 aliphatic heterocycles. The summed E-state index contributed by atoms with van der Waals surface area (Å²) in [7, 11) is 3.02. The zero-order valence-corrected chi connectivity index (χ0v) is 18.5. The summed E-state index contributed by atoms with van der Waals surface area (Å²) in [6, 6.07) is 8.58. The van der Waals surface area contributed by atoms with E-state index in [2.05, 4.69) is 10.6 Å². The third-order valence-electron chi connectivity index (χ3n) is 4.03. The molecular weight excluding hydrogens is 404 g/mol. The highest BCUT2D eigenvalue weighted by Crippen LogP contribution is 2.27. The van der Waals surface area contributed by atoms with Crippen LogP contribution in [0.4, 0.5) is 0 Å². The standard InChI is InChI=1S/C22H28N2O5S/c1-15(2)29-11-6-10-23-22(26)18(14-17-7-5-12-30-17)24-21(25)16-8-9-19(27-3)20(13-16)28-4/h5,7-9,12-15H,6,10-11H2,1-4H3,(H,23,26)(H,24,25)/b18-14-. The minimum absolute atomic E-state index is 0.149. The van der Waals surface area contributed by atoms with Crippen molar-refractivity contribution in [2.75, 3.05) is 27.4 Å². The molecule has 8 heteroatoms. The Morgan fingerprint density at radius 2 is 1.90 bits per heavy atom. The molecule has 2 N–H and O–H groups in total. The number of nitrogens with one attached hydrogen (secondary N) is 2. The van der Waals surface area contributed by atoms with Gasteiger partial charge in [-0.15, -0.1) is 11.3 Å². The van der Waals surface area contributed by atoms with E-state index in [-0.39, 0.29) is 17.7 Å². The average Bonchev–Trinajstić information content (AvgIpc) is 3.25. The monoisotopic (exact) mass is 432 g/mol. The van der Waals surface area contributed by atoms with Crippen LogP contribution in [0, 0.1) is 0 Å². The maximum absolute atomic E-state index is 12.8. The van der Waals surface area contributed by atoms with Crippen LogP contribution >= 0.6 is 11.3 Å². The van der Waals surface area contributed by atoms with E-state index in [1.807, 2.05) is 31.4 Å². The van der Waals surface area contributed by atoms with E-state index in [1.165, 1.54) is 25.6 Å². The van der Waals surface area contributed by atoms with Gasteiger partial charge in [-0.05, 0) is 56.0 Å². The maximum Gasteiger partial charge on any atom is 0.267 e. The molecule has 1 aromatic carbocycles. The van der Waals surface area contributed by atoms with Crippen LogP contribution < -0.4 is 20.1 Å². The Bertz CT molecular complexity index is 862. The highest BCUT2D eigenvalue weighted by Gasteiger charge is 2.16. The van der Waals surface area contributed by atoms with Crippen LogP contribution in [-0.2, 0) is 9.53 Å². The first-order chi connectivity index (χ1) is 14.4. The Morgan fingerprint density at radius 3 is 2.53 bits per heavy atom. The summed E-state index contributed by atoms with van der Waals surface area (Å²) in [4.78, 5) is 26.3. The first-order valence-corrected chi connectivity index (χ1v) is 10.5. The van der Waals surface area contributed by atoms with E-state index in [0.29, 0.717) is 36.6 Å². The van der Waals surface area contributed by atoms with Crippen molar-refractivity contribution in [3.05, 3.63) is 51.8 Å². The van der Waals surface area contributed by atoms with Crippen molar-refractivity contribution in [3.63, 3.8) is 0 Å². The van der Waals surface area contributed by atoms with Gasteiger partial charge in [0.25, 0.3) is 11.8 Å². The summed E-state index contributed by atoms with van der Waals surface area (Å²) in [5.41, 5.74) is 0.518. The molecule has 0 saturated carbocycles. The molecule has 162 valence electrons. The van der Waals surface area contributed by atoms with Gasteiger partial charge in [0.05, 0.1) is 20.3 Å². The van der Waals surface area contributed by atoms with Crippen molar-refractivity contribution >= 4 is 29.2 Å². The average molecular weight is 433 g/mol. The minimum atomic E-state index is -0.419. The molecule has 0 spiro atoms. The van der Waals surface area contributed by atoms with Gasteiger partial charge in [-0.3, -0.25) is 9.59 Å². The van der Waals surface area contributed by atoms with Crippen molar-refractivity contribution in [1.29, 1.82) is 0 Å². The second kappa shape index (κ2) is 12.0. The summed E-state index contributed by atoms with van der Waals surface area (Å²) < 4.78 is 15.9. The van der Waals surface area contributed by atoms with Crippen LogP contribution in [0.5, 0.6) is 11.5 Å². The predicted molar refractivity (Wildman–Crippen MR) is 118 cm³/mol. The van der Waals surface area contributed by atoms with Gasteiger partial charge in [0.2, 0.25) is 0 Å². The van der Waals surface area contributed by atoms with Gasteiger partial charge in [0.15, 0.2) is 11.5 Å². The van der Waals surface area contributed by atoms with Crippen LogP contribution in [0.15, 0.2) is 41.4 Å². The summed E-state index contributed by atoms with van der Waals surface area (Å²) in [6.07, 6.45) is 2.49. The van der Waals surface area contributed by atoms with Crippen molar-refractivity contribution in [2.24, 2.45) is 0 Å². The molecule has 0 aliphatic rings. The van der Waals surface area contributed by atoms with E-state index >= 15 is 0 Å². The highest BCUT2D eigenvalue weighted by molar-refractivity contribution is 7.10. The molecule has 0 radical (unpaired) electrons. The van der Waals surface area contributed by atoms with E-state index < -0.39 is 5.91 Å². The smallest absolute Gasteiger partial charge is 0.267 e. The van der Waals surface area contributed by atoms with E-state index in [9.17, 15) is 9.59 Å². The number of thiophene rings is 1. The fourth-order valence-electron chi connectivity index (χ4n) is 2.53. The molecule has 0 atom stereocenters. The van der Waals surface area contributed by atoms with Crippen LogP contribution in [0.1, 0.15) is 35.5 Å². The molecule has 0 bridgehead atoms. The topological polar surface area (TPSA) is 85.9 Å². The van der Waals surface area contributed by atoms with Crippen LogP contribution in [0.2, 0.25) is 0 Å². The summed E-state index contributed by atoms with van der Waals surface area (Å²) in [6.45, 7) is 4.92. The number of ether oxygens (including phenoxy) is 3. The molecule has 30 heavy (non-hydrogen) atoms. The molecule has 0 aliphatic carbocycles. The number of hydrogen-bond donors (Lipinski definition) is 2. The lowest BCUT2D eigenvalue weighted by atomic mass is 10.1. The molecular formula is C22H28N2O5S. The Kier molecular flexibility index (Phi) is 9.37. The molecule has 2 rings (SSSR count). The van der Waals surface area contributed by atoms with E-state index in [4.69, 9.17) is 14.2 Å². The predicted octanol–water partition coefficient (Wildman–Crippen LogP) is 3.47. The lowest BCUT2D eigenvalue weighted by Crippen LogP contribution is -2.35. The number of amides is 2. The number of rotatable bonds is 11. The minimum Gasteiger partial charge on any atom is -0.493 e. The van der Waals surface area contributed by atoms with Crippen LogP contribution in [0.3, 0.4) is 0 Å². The van der Waals surface area contributed by atoms with E-state index in [0.717, 1.165) is 4.88 Å². The number of benzene rings is 1. The largest absolute Gasteiger partial charge is 0.493 e. The van der Waals surface area contributed by atoms with Crippen molar-refractivity contribution < 1.29 is 23.8 Å². The lowest BCUT2D eigenvalue weighted by molar-refractivity contribution is -0.117. The van der Waals surface area contributed by atoms with Crippen molar-refractivity contribution in [3.8, 4) is 11.5 Å². The molecule has 0 saturated heterocycles. The summed E-state index contributed by atoms with van der Waals surface area (Å²) >= 11 is 1.47. The van der Waals surface area contributed by atoms with Crippen molar-refractivity contribution in [2.45, 2.75) is 26.4 Å². The third-order valence-corrected chi connectivity index (χ3v) is 4.85. The van der Waals surface area contributed by atoms with Crippen LogP contribution in [0.25, 0.3) is 6.08 Å². The van der Waals surface area contributed by atoms with Crippen molar-refractivity contribution in [1.82, 2.24) is 10.6 Å². The van der Waals surface area contributed by atoms with Gasteiger partial charge >= 0.3 is 0 Å². The fourth-order valence-corrected chi connectivity index (χ4v) is 3.19. The van der Waals surface area contributed by atoms with Crippen LogP contribution in [-0.4, -0.2) is 45.3 Å². The zero-order chi connectivity index (χ0) is 21.9. The Balaban J connectivity index is 2.10. The third kappa shape index (κ3) is 7.20. The number of methoxy groups -OCH3 is 2. The van der Waals surface area contributed by atoms with Gasteiger partial charge in [0, 0.05) is 23.6 Å². The molecule has 1 heterocycles. The second-order valence-electron chi connectivity index (χ2n) is 6.63. The second-order valence-corrected chi connectivity index (χ2v) is 7.61. The number of carbonyl (C=O) groups is 2. The molecule has 0 unspecified atom stereocenters. The summed E-state index contributed by atoms with van der Waals surface area (Å²) in [5.74, 6) is 0.173. The SMILES string of the molecule is COc1ccc(C(=O)N/C(=C\c2cccs2)C(=O)NCCCOC(C)C)cc1OC. The molecule has 0 fully saturated rings. The lowest BCUT2D eigenvalue weighted by Gasteiger charge is -2.13. The quantitative estimate of drug-likeness (QED) is 0.420. The first-order valence-electron chi connectivity index (χ1n) is 9.63. The zero-order valence-electron chi connectivity index (χ0n) is 17.7. The van der Waals surface area contributed by atoms with Gasteiger partial charge in [-0.2, -0.15) is 0 Å². The molecule has 2 amide bonds. The molecule has 7 nitrogen and oxygen atoms in total. The Labute approximate surface area is 181 Å². The first kappa shape index (κ1) is 23.4. The van der Waals surface area contributed by atoms with Gasteiger partial charge in [-0.1, -0.05) is 6.07 Å². The highest BCUT2D eigenvalue weighted by atomic mass is 32.1. The van der Waals surface area contributed by atoms with Gasteiger partial charge in [-0.25, -0.2) is 0 Å². The maximum atomic E-state index is 12.8.